The lowest BCUT2D eigenvalue weighted by atomic mass is 9.97. The highest BCUT2D eigenvalue weighted by atomic mass is 32.2. The van der Waals surface area contributed by atoms with Crippen molar-refractivity contribution in [1.82, 2.24) is 0 Å². The average molecular weight is 364 g/mol. The molecule has 0 fully saturated rings. The standard InChI is InChI=1S/C23H23O2S/c1-23(2,19-10-4-5-11-19)25-22(24)18-9-7-12-20(16-18)26-15-14-17-8-3-6-13-21(17)26/h3,6-10,12-16H,4-5,11H2,1-2H3/q+1. The topological polar surface area (TPSA) is 26.3 Å². The van der Waals surface area contributed by atoms with Gasteiger partial charge in [0.2, 0.25) is 0 Å². The van der Waals surface area contributed by atoms with E-state index in [2.05, 4.69) is 47.9 Å². The van der Waals surface area contributed by atoms with Crippen LogP contribution < -0.4 is 0 Å². The average Bonchev–Trinajstić information content (AvgIpc) is 3.32. The number of allylic oxidation sites excluding steroid dienone is 1. The smallest absolute Gasteiger partial charge is 0.339 e. The molecule has 3 heteroatoms. The Bertz CT molecular complexity index is 994. The Kier molecular flexibility index (Phi) is 4.41. The van der Waals surface area contributed by atoms with Gasteiger partial charge in [0.25, 0.3) is 0 Å². The second-order valence-electron chi connectivity index (χ2n) is 7.23. The Balaban J connectivity index is 1.62. The Labute approximate surface area is 157 Å². The van der Waals surface area contributed by atoms with Crippen LogP contribution >= 0.6 is 10.5 Å². The van der Waals surface area contributed by atoms with Crippen LogP contribution in [0.25, 0.3) is 15.0 Å². The Morgan fingerprint density at radius 2 is 1.92 bits per heavy atom. The quantitative estimate of drug-likeness (QED) is 0.296. The number of carbonyl (C=O) groups excluding carboxylic acids is 1. The predicted molar refractivity (Wildman–Crippen MR) is 109 cm³/mol. The largest absolute Gasteiger partial charge is 0.452 e. The van der Waals surface area contributed by atoms with Gasteiger partial charge in [0.1, 0.15) is 11.0 Å². The van der Waals surface area contributed by atoms with E-state index < -0.39 is 5.60 Å². The van der Waals surface area contributed by atoms with Crippen molar-refractivity contribution in [1.29, 1.82) is 0 Å². The lowest BCUT2D eigenvalue weighted by Crippen LogP contribution is -2.29. The third kappa shape index (κ3) is 3.19. The maximum atomic E-state index is 12.8. The second kappa shape index (κ2) is 6.73. The highest BCUT2D eigenvalue weighted by Crippen LogP contribution is 2.40. The van der Waals surface area contributed by atoms with Crippen LogP contribution in [0.3, 0.4) is 0 Å². The number of rotatable bonds is 4. The van der Waals surface area contributed by atoms with Gasteiger partial charge >= 0.3 is 5.97 Å². The lowest BCUT2D eigenvalue weighted by molar-refractivity contribution is 0.0126. The van der Waals surface area contributed by atoms with Gasteiger partial charge < -0.3 is 4.74 Å². The minimum atomic E-state index is -0.536. The number of ether oxygens (including phenoxy) is 1. The summed E-state index contributed by atoms with van der Waals surface area (Å²) < 4.78 is 7.19. The van der Waals surface area contributed by atoms with Crippen molar-refractivity contribution in [2.75, 3.05) is 0 Å². The fourth-order valence-corrected chi connectivity index (χ4v) is 5.51. The van der Waals surface area contributed by atoms with Crippen molar-refractivity contribution in [2.45, 2.75) is 38.7 Å². The monoisotopic (exact) mass is 363 g/mol. The van der Waals surface area contributed by atoms with E-state index in [1.54, 1.807) is 0 Å². The van der Waals surface area contributed by atoms with Gasteiger partial charge in [-0.05, 0) is 62.9 Å². The molecule has 0 amide bonds. The summed E-state index contributed by atoms with van der Waals surface area (Å²) in [6.07, 6.45) is 5.47. The van der Waals surface area contributed by atoms with Gasteiger partial charge in [-0.2, -0.15) is 0 Å². The summed E-state index contributed by atoms with van der Waals surface area (Å²) in [6.45, 7) is 3.98. The number of benzene rings is 2. The number of carbonyl (C=O) groups is 1. The van der Waals surface area contributed by atoms with Crippen LogP contribution in [0.5, 0.6) is 0 Å². The zero-order valence-corrected chi connectivity index (χ0v) is 16.0. The summed E-state index contributed by atoms with van der Waals surface area (Å²) >= 11 is 0. The number of thiophene rings is 1. The third-order valence-corrected chi connectivity index (χ3v) is 7.04. The van der Waals surface area contributed by atoms with Gasteiger partial charge in [-0.1, -0.05) is 24.3 Å². The van der Waals surface area contributed by atoms with E-state index >= 15 is 0 Å². The van der Waals surface area contributed by atoms with E-state index in [-0.39, 0.29) is 16.4 Å². The molecule has 0 spiro atoms. The Hall–Kier alpha value is -2.39. The van der Waals surface area contributed by atoms with Gasteiger partial charge in [0.15, 0.2) is 9.60 Å². The van der Waals surface area contributed by atoms with Crippen molar-refractivity contribution in [3.8, 4) is 4.90 Å². The minimum Gasteiger partial charge on any atom is -0.452 e. The SMILES string of the molecule is CC(C)(OC(=O)c1cccc(-[s+]2ccc3ccccc32)c1)C1=CCCC1. The number of fused-ring (bicyclic) bond motifs is 1. The molecule has 1 unspecified atom stereocenters. The zero-order valence-electron chi connectivity index (χ0n) is 15.2. The summed E-state index contributed by atoms with van der Waals surface area (Å²) in [7, 11) is -0.117. The lowest BCUT2D eigenvalue weighted by Gasteiger charge is -2.26. The van der Waals surface area contributed by atoms with Crippen LogP contribution in [0, 0.1) is 0 Å². The first kappa shape index (κ1) is 17.0. The van der Waals surface area contributed by atoms with E-state index in [4.69, 9.17) is 4.74 Å². The normalized spacial score (nSPS) is 15.2. The molecular weight excluding hydrogens is 340 g/mol. The Morgan fingerprint density at radius 1 is 1.08 bits per heavy atom. The first-order valence-corrected chi connectivity index (χ1v) is 10.4. The van der Waals surface area contributed by atoms with Crippen LogP contribution in [-0.4, -0.2) is 11.6 Å². The molecule has 2 nitrogen and oxygen atoms in total. The van der Waals surface area contributed by atoms with Gasteiger partial charge in [0.05, 0.1) is 5.56 Å². The van der Waals surface area contributed by atoms with E-state index in [1.165, 1.54) is 15.7 Å². The molecule has 0 bridgehead atoms. The molecule has 26 heavy (non-hydrogen) atoms. The van der Waals surface area contributed by atoms with E-state index in [1.807, 2.05) is 32.0 Å². The molecule has 1 aliphatic rings. The van der Waals surface area contributed by atoms with Gasteiger partial charge in [-0.15, -0.1) is 0 Å². The molecule has 132 valence electrons. The molecule has 4 rings (SSSR count). The summed E-state index contributed by atoms with van der Waals surface area (Å²) in [5, 5.41) is 3.49. The first-order valence-electron chi connectivity index (χ1n) is 9.08. The van der Waals surface area contributed by atoms with Gasteiger partial charge in [-0.25, -0.2) is 4.79 Å². The molecule has 1 aliphatic carbocycles. The van der Waals surface area contributed by atoms with E-state index in [9.17, 15) is 4.79 Å². The number of hydrogen-bond donors (Lipinski definition) is 0. The fourth-order valence-electron chi connectivity index (χ4n) is 3.57. The Morgan fingerprint density at radius 3 is 2.73 bits per heavy atom. The summed E-state index contributed by atoms with van der Waals surface area (Å²) in [5.41, 5.74) is 1.32. The summed E-state index contributed by atoms with van der Waals surface area (Å²) in [5.74, 6) is -0.246. The van der Waals surface area contributed by atoms with Crippen molar-refractivity contribution >= 4 is 26.5 Å². The molecule has 0 radical (unpaired) electrons. The molecule has 2 aromatic carbocycles. The van der Waals surface area contributed by atoms with Crippen LogP contribution in [-0.2, 0) is 4.74 Å². The van der Waals surface area contributed by atoms with Crippen LogP contribution in [0.2, 0.25) is 0 Å². The molecule has 0 aliphatic heterocycles. The second-order valence-corrected chi connectivity index (χ2v) is 9.09. The minimum absolute atomic E-state index is 0.117. The van der Waals surface area contributed by atoms with Gasteiger partial charge in [-0.3, -0.25) is 0 Å². The van der Waals surface area contributed by atoms with Gasteiger partial charge in [0, 0.05) is 28.0 Å². The predicted octanol–water partition coefficient (Wildman–Crippen LogP) is 6.62. The van der Waals surface area contributed by atoms with Crippen molar-refractivity contribution in [3.63, 3.8) is 0 Å². The van der Waals surface area contributed by atoms with Crippen LogP contribution in [0.1, 0.15) is 43.5 Å². The third-order valence-electron chi connectivity index (χ3n) is 5.03. The molecule has 3 aromatic rings. The molecule has 1 atom stereocenters. The fraction of sp³-hybridized carbons (Fsp3) is 0.261. The summed E-state index contributed by atoms with van der Waals surface area (Å²) in [6, 6.07) is 18.5. The van der Waals surface area contributed by atoms with E-state index in [0.29, 0.717) is 5.56 Å². The van der Waals surface area contributed by atoms with Crippen molar-refractivity contribution in [3.05, 3.63) is 77.2 Å². The maximum absolute atomic E-state index is 12.8. The van der Waals surface area contributed by atoms with Crippen LogP contribution in [0.4, 0.5) is 0 Å². The molecule has 0 saturated heterocycles. The molecule has 0 saturated carbocycles. The first-order chi connectivity index (χ1) is 12.5. The highest BCUT2D eigenvalue weighted by molar-refractivity contribution is 7.43. The molecular formula is C23H23O2S+. The molecule has 0 N–H and O–H groups in total. The van der Waals surface area contributed by atoms with Crippen molar-refractivity contribution < 1.29 is 9.53 Å². The molecule has 1 aromatic heterocycles. The van der Waals surface area contributed by atoms with Crippen LogP contribution in [0.15, 0.2) is 71.6 Å². The highest BCUT2D eigenvalue weighted by Gasteiger charge is 2.30. The van der Waals surface area contributed by atoms with E-state index in [0.717, 1.165) is 24.2 Å². The number of hydrogen-bond acceptors (Lipinski definition) is 2. The zero-order chi connectivity index (χ0) is 18.1. The maximum Gasteiger partial charge on any atom is 0.339 e. The van der Waals surface area contributed by atoms with Crippen molar-refractivity contribution in [2.24, 2.45) is 0 Å². The summed E-state index contributed by atoms with van der Waals surface area (Å²) in [4.78, 5) is 13.9. The number of esters is 1. The molecule has 1 heterocycles.